The molecule has 0 amide bonds. The van der Waals surface area contributed by atoms with Crippen LogP contribution in [0.2, 0.25) is 0 Å². The molecule has 0 spiro atoms. The molecule has 1 unspecified atom stereocenters. The Morgan fingerprint density at radius 3 is 2.65 bits per heavy atom. The molecule has 0 aromatic heterocycles. The predicted octanol–water partition coefficient (Wildman–Crippen LogP) is 3.36. The minimum absolute atomic E-state index is 0.683. The molecule has 0 bridgehead atoms. The molecule has 17 heavy (non-hydrogen) atoms. The summed E-state index contributed by atoms with van der Waals surface area (Å²) < 4.78 is 0. The van der Waals surface area contributed by atoms with E-state index in [-0.39, 0.29) is 0 Å². The van der Waals surface area contributed by atoms with Crippen molar-refractivity contribution in [1.82, 2.24) is 9.80 Å². The van der Waals surface area contributed by atoms with Gasteiger partial charge in [0.2, 0.25) is 0 Å². The third-order valence-corrected chi connectivity index (χ3v) is 4.54. The van der Waals surface area contributed by atoms with Gasteiger partial charge in [-0.15, -0.1) is 0 Å². The Labute approximate surface area is 116 Å². The van der Waals surface area contributed by atoms with Crippen LogP contribution in [0.25, 0.3) is 0 Å². The molecule has 1 aliphatic heterocycles. The van der Waals surface area contributed by atoms with Gasteiger partial charge in [-0.1, -0.05) is 22.4 Å². The van der Waals surface area contributed by atoms with E-state index in [1.165, 1.54) is 51.7 Å². The molecule has 1 rings (SSSR count). The van der Waals surface area contributed by atoms with E-state index in [9.17, 15) is 0 Å². The summed E-state index contributed by atoms with van der Waals surface area (Å²) in [6, 6.07) is 1.51. The number of hydrogen-bond donors (Lipinski definition) is 0. The SMILES string of the molecule is CC(C)N(CCCBr)CCC1CCCCN1C. The molecule has 3 heteroatoms. The third-order valence-electron chi connectivity index (χ3n) is 3.98. The third kappa shape index (κ3) is 5.71. The van der Waals surface area contributed by atoms with Gasteiger partial charge in [0.05, 0.1) is 0 Å². The summed E-state index contributed by atoms with van der Waals surface area (Å²) in [5, 5.41) is 1.12. The topological polar surface area (TPSA) is 6.48 Å². The van der Waals surface area contributed by atoms with E-state index in [2.05, 4.69) is 46.6 Å². The zero-order valence-electron chi connectivity index (χ0n) is 11.8. The van der Waals surface area contributed by atoms with Crippen LogP contribution in [0.1, 0.15) is 46.0 Å². The number of hydrogen-bond acceptors (Lipinski definition) is 2. The molecule has 0 N–H and O–H groups in total. The van der Waals surface area contributed by atoms with E-state index in [1.807, 2.05) is 0 Å². The van der Waals surface area contributed by atoms with Gasteiger partial charge in [-0.2, -0.15) is 0 Å². The molecule has 0 aromatic carbocycles. The second-order valence-electron chi connectivity index (χ2n) is 5.59. The smallest absolute Gasteiger partial charge is 0.0104 e. The van der Waals surface area contributed by atoms with Crippen LogP contribution in [0.3, 0.4) is 0 Å². The summed E-state index contributed by atoms with van der Waals surface area (Å²) >= 11 is 3.53. The lowest BCUT2D eigenvalue weighted by atomic mass is 10.00. The van der Waals surface area contributed by atoms with Crippen molar-refractivity contribution in [3.05, 3.63) is 0 Å². The average Bonchev–Trinajstić information content (AvgIpc) is 2.31. The molecule has 1 heterocycles. The minimum Gasteiger partial charge on any atom is -0.303 e. The molecule has 1 aliphatic rings. The highest BCUT2D eigenvalue weighted by Crippen LogP contribution is 2.18. The van der Waals surface area contributed by atoms with Crippen molar-refractivity contribution in [2.24, 2.45) is 0 Å². The maximum Gasteiger partial charge on any atom is 0.0104 e. The molecule has 1 fully saturated rings. The molecule has 1 saturated heterocycles. The van der Waals surface area contributed by atoms with Gasteiger partial charge in [-0.05, 0) is 66.2 Å². The maximum absolute atomic E-state index is 3.53. The highest BCUT2D eigenvalue weighted by atomic mass is 79.9. The van der Waals surface area contributed by atoms with Gasteiger partial charge in [0.15, 0.2) is 0 Å². The Kier molecular flexibility index (Phi) is 7.72. The Morgan fingerprint density at radius 2 is 2.06 bits per heavy atom. The van der Waals surface area contributed by atoms with E-state index in [0.29, 0.717) is 6.04 Å². The van der Waals surface area contributed by atoms with Crippen molar-refractivity contribution in [1.29, 1.82) is 0 Å². The first kappa shape index (κ1) is 15.5. The lowest BCUT2D eigenvalue weighted by Crippen LogP contribution is -2.40. The quantitative estimate of drug-likeness (QED) is 0.666. The van der Waals surface area contributed by atoms with Gasteiger partial charge in [0.1, 0.15) is 0 Å². The fourth-order valence-corrected chi connectivity index (χ4v) is 2.97. The lowest BCUT2D eigenvalue weighted by Gasteiger charge is -2.35. The molecule has 1 atom stereocenters. The molecule has 0 radical (unpaired) electrons. The second-order valence-corrected chi connectivity index (χ2v) is 6.38. The van der Waals surface area contributed by atoms with Crippen LogP contribution in [0, 0.1) is 0 Å². The fourth-order valence-electron chi connectivity index (χ4n) is 2.71. The van der Waals surface area contributed by atoms with Gasteiger partial charge in [0, 0.05) is 17.4 Å². The first-order valence-corrected chi connectivity index (χ1v) is 8.27. The Balaban J connectivity index is 2.29. The normalized spacial score (nSPS) is 22.6. The van der Waals surface area contributed by atoms with Crippen LogP contribution in [-0.4, -0.2) is 53.9 Å². The van der Waals surface area contributed by atoms with E-state index >= 15 is 0 Å². The van der Waals surface area contributed by atoms with Crippen molar-refractivity contribution < 1.29 is 0 Å². The lowest BCUT2D eigenvalue weighted by molar-refractivity contribution is 0.142. The van der Waals surface area contributed by atoms with Gasteiger partial charge in [-0.3, -0.25) is 0 Å². The van der Waals surface area contributed by atoms with Gasteiger partial charge >= 0.3 is 0 Å². The highest BCUT2D eigenvalue weighted by Gasteiger charge is 2.20. The van der Waals surface area contributed by atoms with Gasteiger partial charge in [-0.25, -0.2) is 0 Å². The summed E-state index contributed by atoms with van der Waals surface area (Å²) in [5.74, 6) is 0. The fraction of sp³-hybridized carbons (Fsp3) is 1.00. The summed E-state index contributed by atoms with van der Waals surface area (Å²) in [6.45, 7) is 8.43. The summed E-state index contributed by atoms with van der Waals surface area (Å²) in [5.41, 5.74) is 0. The van der Waals surface area contributed by atoms with Gasteiger partial charge in [0.25, 0.3) is 0 Å². The number of rotatable bonds is 7. The van der Waals surface area contributed by atoms with Crippen molar-refractivity contribution in [3.8, 4) is 0 Å². The van der Waals surface area contributed by atoms with E-state index in [4.69, 9.17) is 0 Å². The standard InChI is InChI=1S/C14H29BrN2/c1-13(2)17(11-6-9-15)12-8-14-7-4-5-10-16(14)3/h13-14H,4-12H2,1-3H3. The molecule has 102 valence electrons. The van der Waals surface area contributed by atoms with Crippen LogP contribution in [-0.2, 0) is 0 Å². The molecular weight excluding hydrogens is 276 g/mol. The number of alkyl halides is 1. The van der Waals surface area contributed by atoms with Crippen LogP contribution < -0.4 is 0 Å². The first-order valence-electron chi connectivity index (χ1n) is 7.15. The van der Waals surface area contributed by atoms with Crippen molar-refractivity contribution in [2.45, 2.75) is 58.0 Å². The average molecular weight is 305 g/mol. The van der Waals surface area contributed by atoms with Gasteiger partial charge < -0.3 is 9.80 Å². The minimum atomic E-state index is 0.683. The zero-order chi connectivity index (χ0) is 12.7. The van der Waals surface area contributed by atoms with Crippen LogP contribution >= 0.6 is 15.9 Å². The summed E-state index contributed by atoms with van der Waals surface area (Å²) in [7, 11) is 2.29. The number of nitrogens with zero attached hydrogens (tertiary/aromatic N) is 2. The largest absolute Gasteiger partial charge is 0.303 e. The maximum atomic E-state index is 3.53. The Bertz CT molecular complexity index is 197. The monoisotopic (exact) mass is 304 g/mol. The first-order chi connectivity index (χ1) is 8.15. The molecule has 2 nitrogen and oxygen atoms in total. The molecule has 0 aliphatic carbocycles. The second kappa shape index (κ2) is 8.49. The number of piperidine rings is 1. The number of halogens is 1. The summed E-state index contributed by atoms with van der Waals surface area (Å²) in [4.78, 5) is 5.19. The molecule has 0 aromatic rings. The van der Waals surface area contributed by atoms with Crippen LogP contribution in [0.5, 0.6) is 0 Å². The number of likely N-dealkylation sites (tertiary alicyclic amines) is 1. The van der Waals surface area contributed by atoms with E-state index < -0.39 is 0 Å². The Hall–Kier alpha value is 0.400. The van der Waals surface area contributed by atoms with Crippen molar-refractivity contribution >= 4 is 15.9 Å². The van der Waals surface area contributed by atoms with E-state index in [0.717, 1.165) is 11.4 Å². The summed E-state index contributed by atoms with van der Waals surface area (Å²) in [6.07, 6.45) is 6.83. The van der Waals surface area contributed by atoms with Crippen LogP contribution in [0.4, 0.5) is 0 Å². The molecular formula is C14H29BrN2. The Morgan fingerprint density at radius 1 is 1.29 bits per heavy atom. The van der Waals surface area contributed by atoms with Crippen LogP contribution in [0.15, 0.2) is 0 Å². The van der Waals surface area contributed by atoms with Crippen molar-refractivity contribution in [3.63, 3.8) is 0 Å². The highest BCUT2D eigenvalue weighted by molar-refractivity contribution is 9.09. The van der Waals surface area contributed by atoms with E-state index in [1.54, 1.807) is 0 Å². The predicted molar refractivity (Wildman–Crippen MR) is 80.0 cm³/mol. The molecule has 0 saturated carbocycles. The zero-order valence-corrected chi connectivity index (χ0v) is 13.4. The van der Waals surface area contributed by atoms with Crippen molar-refractivity contribution in [2.75, 3.05) is 32.0 Å².